The summed E-state index contributed by atoms with van der Waals surface area (Å²) in [5, 5.41) is 4.80. The van der Waals surface area contributed by atoms with Crippen molar-refractivity contribution in [1.82, 2.24) is 15.1 Å². The van der Waals surface area contributed by atoms with Gasteiger partial charge in [-0.05, 0) is 11.4 Å². The largest absolute Gasteiger partial charge is 0.350 e. The Morgan fingerprint density at radius 1 is 1.27 bits per heavy atom. The van der Waals surface area contributed by atoms with Crippen molar-refractivity contribution in [2.45, 2.75) is 0 Å². The van der Waals surface area contributed by atoms with Crippen molar-refractivity contribution in [3.8, 4) is 0 Å². The highest BCUT2D eigenvalue weighted by atomic mass is 35.5. The van der Waals surface area contributed by atoms with Gasteiger partial charge in [0.15, 0.2) is 0 Å². The maximum Gasteiger partial charge on any atom is 0.269 e. The van der Waals surface area contributed by atoms with Crippen molar-refractivity contribution >= 4 is 47.7 Å². The standard InChI is InChI=1S/C17H20N4O3S.ClH/c22-15-4-3-13(12-19-15)17(24)21-9-7-20(8-10-21)6-5-18-16(23)14-2-1-11-25-14;/h1-4,11-13H,5-10H2,(H,18,23);1H. The van der Waals surface area contributed by atoms with Crippen molar-refractivity contribution in [2.75, 3.05) is 39.3 Å². The lowest BCUT2D eigenvalue weighted by atomic mass is 10.1. The third-order valence-corrected chi connectivity index (χ3v) is 5.10. The Labute approximate surface area is 162 Å². The topological polar surface area (TPSA) is 82.1 Å². The van der Waals surface area contributed by atoms with Gasteiger partial charge in [-0.1, -0.05) is 12.1 Å². The molecule has 0 saturated carbocycles. The van der Waals surface area contributed by atoms with Crippen LogP contribution in [0.5, 0.6) is 0 Å². The molecule has 0 bridgehead atoms. The van der Waals surface area contributed by atoms with Gasteiger partial charge in [0.2, 0.25) is 5.91 Å². The monoisotopic (exact) mass is 396 g/mol. The molecule has 1 atom stereocenters. The molecule has 1 aromatic rings. The van der Waals surface area contributed by atoms with Gasteiger partial charge >= 0.3 is 0 Å². The molecular weight excluding hydrogens is 376 g/mol. The first-order valence-corrected chi connectivity index (χ1v) is 9.10. The Kier molecular flexibility index (Phi) is 7.50. The molecule has 7 nitrogen and oxygen atoms in total. The lowest BCUT2D eigenvalue weighted by molar-refractivity contribution is -0.133. The van der Waals surface area contributed by atoms with Gasteiger partial charge in [-0.15, -0.1) is 23.7 Å². The second kappa shape index (κ2) is 9.61. The van der Waals surface area contributed by atoms with Gasteiger partial charge in [0.05, 0.1) is 10.8 Å². The van der Waals surface area contributed by atoms with Crippen LogP contribution in [0.1, 0.15) is 9.67 Å². The average Bonchev–Trinajstić information content (AvgIpc) is 3.17. The summed E-state index contributed by atoms with van der Waals surface area (Å²) in [6, 6.07) is 3.67. The van der Waals surface area contributed by atoms with Crippen molar-refractivity contribution in [1.29, 1.82) is 0 Å². The lowest BCUT2D eigenvalue weighted by Crippen LogP contribution is -2.51. The quantitative estimate of drug-likeness (QED) is 0.799. The van der Waals surface area contributed by atoms with Gasteiger partial charge in [-0.25, -0.2) is 4.99 Å². The van der Waals surface area contributed by atoms with Gasteiger partial charge in [-0.3, -0.25) is 19.3 Å². The predicted molar refractivity (Wildman–Crippen MR) is 103 cm³/mol. The molecule has 3 amide bonds. The Morgan fingerprint density at radius 3 is 2.65 bits per heavy atom. The lowest BCUT2D eigenvalue weighted by Gasteiger charge is -2.35. The van der Waals surface area contributed by atoms with E-state index in [9.17, 15) is 14.4 Å². The number of nitrogens with zero attached hydrogens (tertiary/aromatic N) is 3. The van der Waals surface area contributed by atoms with Crippen LogP contribution in [0.15, 0.2) is 34.7 Å². The second-order valence-corrected chi connectivity index (χ2v) is 6.85. The van der Waals surface area contributed by atoms with Crippen molar-refractivity contribution in [3.63, 3.8) is 0 Å². The number of nitrogens with one attached hydrogen (secondary N) is 1. The SMILES string of the molecule is Cl.O=C1C=CC(C(=O)N2CCN(CCNC(=O)c3cccs3)CC2)C=N1. The molecule has 1 aromatic heterocycles. The Hall–Kier alpha value is -2.03. The number of thiophene rings is 1. The number of piperazine rings is 1. The van der Waals surface area contributed by atoms with E-state index in [0.717, 1.165) is 24.5 Å². The average molecular weight is 397 g/mol. The van der Waals surface area contributed by atoms with Crippen LogP contribution < -0.4 is 5.32 Å². The van der Waals surface area contributed by atoms with E-state index in [1.54, 1.807) is 17.0 Å². The zero-order valence-electron chi connectivity index (χ0n) is 14.2. The second-order valence-electron chi connectivity index (χ2n) is 5.90. The van der Waals surface area contributed by atoms with Crippen LogP contribution in [-0.2, 0) is 9.59 Å². The molecule has 2 aliphatic rings. The fourth-order valence-corrected chi connectivity index (χ4v) is 3.44. The van der Waals surface area contributed by atoms with Gasteiger partial charge in [0, 0.05) is 51.6 Å². The van der Waals surface area contributed by atoms with Crippen LogP contribution in [0.4, 0.5) is 0 Å². The van der Waals surface area contributed by atoms with Crippen LogP contribution in [-0.4, -0.2) is 73.0 Å². The van der Waals surface area contributed by atoms with E-state index in [1.165, 1.54) is 23.6 Å². The van der Waals surface area contributed by atoms with E-state index < -0.39 is 5.92 Å². The number of rotatable bonds is 5. The maximum atomic E-state index is 12.4. The molecule has 26 heavy (non-hydrogen) atoms. The molecule has 3 rings (SSSR count). The molecule has 1 fully saturated rings. The fraction of sp³-hybridized carbons (Fsp3) is 0.412. The van der Waals surface area contributed by atoms with Crippen molar-refractivity contribution in [2.24, 2.45) is 10.9 Å². The normalized spacial score (nSPS) is 19.9. The number of halogens is 1. The smallest absolute Gasteiger partial charge is 0.269 e. The summed E-state index contributed by atoms with van der Waals surface area (Å²) < 4.78 is 0. The summed E-state index contributed by atoms with van der Waals surface area (Å²) in [5.74, 6) is -0.812. The van der Waals surface area contributed by atoms with E-state index in [1.807, 2.05) is 11.4 Å². The van der Waals surface area contributed by atoms with Gasteiger partial charge in [0.25, 0.3) is 11.8 Å². The zero-order chi connectivity index (χ0) is 17.6. The molecule has 1 saturated heterocycles. The number of carbonyl (C=O) groups excluding carboxylic acids is 3. The molecule has 0 aromatic carbocycles. The van der Waals surface area contributed by atoms with E-state index in [-0.39, 0.29) is 30.1 Å². The summed E-state index contributed by atoms with van der Waals surface area (Å²) in [7, 11) is 0. The molecule has 0 aliphatic carbocycles. The summed E-state index contributed by atoms with van der Waals surface area (Å²) in [6.07, 6.45) is 4.36. The van der Waals surface area contributed by atoms with E-state index in [4.69, 9.17) is 0 Å². The number of dihydropyridines is 1. The molecule has 0 radical (unpaired) electrons. The first-order valence-electron chi connectivity index (χ1n) is 8.22. The Morgan fingerprint density at radius 2 is 2.04 bits per heavy atom. The van der Waals surface area contributed by atoms with Crippen LogP contribution >= 0.6 is 23.7 Å². The highest BCUT2D eigenvalue weighted by molar-refractivity contribution is 7.12. The number of aliphatic imine (C=N–C) groups is 1. The van der Waals surface area contributed by atoms with Crippen molar-refractivity contribution in [3.05, 3.63) is 34.5 Å². The fourth-order valence-electron chi connectivity index (χ4n) is 2.80. The molecular formula is C17H21ClN4O3S. The molecule has 3 heterocycles. The highest BCUT2D eigenvalue weighted by Gasteiger charge is 2.26. The number of hydrogen-bond acceptors (Lipinski definition) is 5. The predicted octanol–water partition coefficient (Wildman–Crippen LogP) is 0.827. The molecule has 1 N–H and O–H groups in total. The minimum atomic E-state index is -0.436. The highest BCUT2D eigenvalue weighted by Crippen LogP contribution is 2.11. The summed E-state index contributed by atoms with van der Waals surface area (Å²) in [4.78, 5) is 43.7. The van der Waals surface area contributed by atoms with Gasteiger partial charge < -0.3 is 10.2 Å². The van der Waals surface area contributed by atoms with Crippen LogP contribution in [0, 0.1) is 5.92 Å². The first-order chi connectivity index (χ1) is 12.1. The molecule has 9 heteroatoms. The van der Waals surface area contributed by atoms with E-state index >= 15 is 0 Å². The van der Waals surface area contributed by atoms with Crippen molar-refractivity contribution < 1.29 is 14.4 Å². The van der Waals surface area contributed by atoms with Crippen LogP contribution in [0.25, 0.3) is 0 Å². The third-order valence-electron chi connectivity index (χ3n) is 4.24. The summed E-state index contributed by atoms with van der Waals surface area (Å²) in [5.41, 5.74) is 0. The van der Waals surface area contributed by atoms with Crippen LogP contribution in [0.3, 0.4) is 0 Å². The number of carbonyl (C=O) groups is 3. The molecule has 140 valence electrons. The Balaban J connectivity index is 0.00000243. The van der Waals surface area contributed by atoms with Gasteiger partial charge in [-0.2, -0.15) is 0 Å². The van der Waals surface area contributed by atoms with Crippen LogP contribution in [0.2, 0.25) is 0 Å². The van der Waals surface area contributed by atoms with Gasteiger partial charge in [0.1, 0.15) is 0 Å². The van der Waals surface area contributed by atoms with E-state index in [0.29, 0.717) is 19.6 Å². The minimum absolute atomic E-state index is 0. The number of amides is 3. The minimum Gasteiger partial charge on any atom is -0.350 e. The summed E-state index contributed by atoms with van der Waals surface area (Å²) in [6.45, 7) is 4.18. The zero-order valence-corrected chi connectivity index (χ0v) is 15.8. The summed E-state index contributed by atoms with van der Waals surface area (Å²) >= 11 is 1.43. The molecule has 1 unspecified atom stereocenters. The molecule has 2 aliphatic heterocycles. The third kappa shape index (κ3) is 5.23. The van der Waals surface area contributed by atoms with E-state index in [2.05, 4.69) is 15.2 Å². The first kappa shape index (κ1) is 20.3. The Bertz CT molecular complexity index is 681. The number of hydrogen-bond donors (Lipinski definition) is 1. The maximum absolute atomic E-state index is 12.4. The molecule has 0 spiro atoms.